The number of hydrogen-bond acceptors (Lipinski definition) is 5. The molecule has 2 atom stereocenters. The van der Waals surface area contributed by atoms with E-state index in [9.17, 15) is 0 Å². The van der Waals surface area contributed by atoms with Crippen LogP contribution in [0.3, 0.4) is 0 Å². The van der Waals surface area contributed by atoms with E-state index < -0.39 is 0 Å². The van der Waals surface area contributed by atoms with Crippen LogP contribution in [0.5, 0.6) is 17.2 Å². The van der Waals surface area contributed by atoms with Crippen LogP contribution in [-0.4, -0.2) is 38.8 Å². The fourth-order valence-corrected chi connectivity index (χ4v) is 5.17. The lowest BCUT2D eigenvalue weighted by molar-refractivity contribution is 0.200. The molecule has 5 heteroatoms. The van der Waals surface area contributed by atoms with Crippen molar-refractivity contribution >= 4 is 21.5 Å². The van der Waals surface area contributed by atoms with E-state index in [4.69, 9.17) is 19.9 Å². The van der Waals surface area contributed by atoms with Crippen LogP contribution in [0.4, 0.5) is 0 Å². The molecule has 0 aliphatic carbocycles. The summed E-state index contributed by atoms with van der Waals surface area (Å²) >= 11 is 0. The van der Waals surface area contributed by atoms with E-state index in [1.165, 1.54) is 34.7 Å². The monoisotopic (exact) mass is 378 g/mol. The Hall–Kier alpha value is -2.50. The van der Waals surface area contributed by atoms with Gasteiger partial charge < -0.3 is 19.9 Å². The summed E-state index contributed by atoms with van der Waals surface area (Å²) in [7, 11) is 5.06. The van der Waals surface area contributed by atoms with Gasteiger partial charge in [0.1, 0.15) is 5.75 Å². The Morgan fingerprint density at radius 3 is 2.32 bits per heavy atom. The number of benzene rings is 3. The molecule has 146 valence electrons. The van der Waals surface area contributed by atoms with E-state index >= 15 is 0 Å². The molecule has 0 unspecified atom stereocenters. The predicted octanol–water partition coefficient (Wildman–Crippen LogP) is 4.00. The number of hydrogen-bond donors (Lipinski definition) is 1. The Morgan fingerprint density at radius 2 is 1.61 bits per heavy atom. The van der Waals surface area contributed by atoms with Crippen molar-refractivity contribution in [2.24, 2.45) is 5.73 Å². The Kier molecular flexibility index (Phi) is 4.11. The maximum absolute atomic E-state index is 6.86. The van der Waals surface area contributed by atoms with Crippen molar-refractivity contribution in [1.82, 2.24) is 4.90 Å². The zero-order valence-corrected chi connectivity index (χ0v) is 16.6. The smallest absolute Gasteiger partial charge is 0.161 e. The summed E-state index contributed by atoms with van der Waals surface area (Å²) in [5.74, 6) is 2.32. The lowest BCUT2D eigenvalue weighted by atomic mass is 9.82. The predicted molar refractivity (Wildman–Crippen MR) is 111 cm³/mol. The zero-order valence-electron chi connectivity index (χ0n) is 16.6. The highest BCUT2D eigenvalue weighted by atomic mass is 16.5. The molecule has 2 aliphatic rings. The van der Waals surface area contributed by atoms with E-state index in [1.807, 2.05) is 6.07 Å². The molecule has 0 amide bonds. The fraction of sp³-hybridized carbons (Fsp3) is 0.391. The lowest BCUT2D eigenvalue weighted by Gasteiger charge is -2.38. The number of fused-ring (bicyclic) bond motifs is 7. The third-order valence-corrected chi connectivity index (χ3v) is 6.50. The standard InChI is InChI=1S/C23H26N2O3/c1-26-13-6-7-14-15(9-13)16-10-20(27-2)21(28-3)11-17(16)18-12-25-8-4-5-19(25)23(24)22(14)18/h6-7,9-11,19,23H,4-5,8,12,24H2,1-3H3/t19-,23-/m0/s1. The molecule has 1 fully saturated rings. The van der Waals surface area contributed by atoms with Gasteiger partial charge in [-0.15, -0.1) is 0 Å². The first-order valence-corrected chi connectivity index (χ1v) is 9.84. The van der Waals surface area contributed by atoms with Crippen molar-refractivity contribution in [3.05, 3.63) is 41.5 Å². The molecule has 1 saturated heterocycles. The molecule has 0 spiro atoms. The average molecular weight is 378 g/mol. The van der Waals surface area contributed by atoms with Gasteiger partial charge in [0.15, 0.2) is 11.5 Å². The second kappa shape index (κ2) is 6.54. The molecule has 2 aliphatic heterocycles. The number of nitrogens with two attached hydrogens (primary N) is 1. The molecular weight excluding hydrogens is 352 g/mol. The summed E-state index contributed by atoms with van der Waals surface area (Å²) in [5, 5.41) is 4.70. The van der Waals surface area contributed by atoms with Gasteiger partial charge in [0, 0.05) is 18.6 Å². The first kappa shape index (κ1) is 17.6. The van der Waals surface area contributed by atoms with Gasteiger partial charge in [0.2, 0.25) is 0 Å². The Labute approximate surface area is 165 Å². The Balaban J connectivity index is 1.91. The largest absolute Gasteiger partial charge is 0.497 e. The van der Waals surface area contributed by atoms with Gasteiger partial charge in [0.25, 0.3) is 0 Å². The Morgan fingerprint density at radius 1 is 0.893 bits per heavy atom. The first-order chi connectivity index (χ1) is 13.7. The number of rotatable bonds is 3. The van der Waals surface area contributed by atoms with Crippen molar-refractivity contribution in [3.63, 3.8) is 0 Å². The topological polar surface area (TPSA) is 57.0 Å². The maximum atomic E-state index is 6.86. The first-order valence-electron chi connectivity index (χ1n) is 9.84. The summed E-state index contributed by atoms with van der Waals surface area (Å²) in [5.41, 5.74) is 9.45. The maximum Gasteiger partial charge on any atom is 0.161 e. The van der Waals surface area contributed by atoms with E-state index in [2.05, 4.69) is 29.2 Å². The van der Waals surface area contributed by atoms with Crippen LogP contribution < -0.4 is 19.9 Å². The Bertz CT molecular complexity index is 1080. The third kappa shape index (κ3) is 2.39. The van der Waals surface area contributed by atoms with Gasteiger partial charge in [-0.2, -0.15) is 0 Å². The molecule has 3 aromatic rings. The number of methoxy groups -OCH3 is 3. The van der Waals surface area contributed by atoms with Gasteiger partial charge in [-0.25, -0.2) is 0 Å². The van der Waals surface area contributed by atoms with Crippen LogP contribution in [0.15, 0.2) is 30.3 Å². The molecule has 0 bridgehead atoms. The van der Waals surface area contributed by atoms with Gasteiger partial charge in [0.05, 0.1) is 21.3 Å². The minimum atomic E-state index is 0.0136. The molecule has 3 aromatic carbocycles. The number of nitrogens with zero attached hydrogens (tertiary/aromatic N) is 1. The van der Waals surface area contributed by atoms with Gasteiger partial charge in [-0.1, -0.05) is 6.07 Å². The normalized spacial score (nSPS) is 21.6. The molecule has 0 saturated carbocycles. The van der Waals surface area contributed by atoms with Crippen LogP contribution >= 0.6 is 0 Å². The molecule has 5 nitrogen and oxygen atoms in total. The van der Waals surface area contributed by atoms with Crippen LogP contribution in [0.2, 0.25) is 0 Å². The molecule has 2 heterocycles. The molecule has 0 aromatic heterocycles. The lowest BCUT2D eigenvalue weighted by Crippen LogP contribution is -2.42. The summed E-state index contributed by atoms with van der Waals surface area (Å²) in [6, 6.07) is 10.9. The van der Waals surface area contributed by atoms with Gasteiger partial charge >= 0.3 is 0 Å². The van der Waals surface area contributed by atoms with E-state index in [-0.39, 0.29) is 6.04 Å². The van der Waals surface area contributed by atoms with Crippen molar-refractivity contribution in [2.45, 2.75) is 31.5 Å². The number of ether oxygens (including phenoxy) is 3. The highest BCUT2D eigenvalue weighted by Gasteiger charge is 2.38. The summed E-state index contributed by atoms with van der Waals surface area (Å²) in [4.78, 5) is 2.54. The zero-order chi connectivity index (χ0) is 19.4. The highest BCUT2D eigenvalue weighted by molar-refractivity contribution is 6.12. The minimum absolute atomic E-state index is 0.0136. The van der Waals surface area contributed by atoms with Crippen LogP contribution in [0, 0.1) is 0 Å². The second-order valence-corrected chi connectivity index (χ2v) is 7.76. The van der Waals surface area contributed by atoms with Crippen LogP contribution in [-0.2, 0) is 6.54 Å². The molecule has 28 heavy (non-hydrogen) atoms. The third-order valence-electron chi connectivity index (χ3n) is 6.50. The molecule has 2 N–H and O–H groups in total. The van der Waals surface area contributed by atoms with E-state index in [0.717, 1.165) is 41.1 Å². The summed E-state index contributed by atoms with van der Waals surface area (Å²) < 4.78 is 16.7. The van der Waals surface area contributed by atoms with E-state index in [1.54, 1.807) is 21.3 Å². The van der Waals surface area contributed by atoms with Crippen molar-refractivity contribution < 1.29 is 14.2 Å². The SMILES string of the molecule is COc1ccc2c3c(c4cc(OC)c(OC)cc4c2c1)CN1CCC[C@H]1[C@@H]3N. The quantitative estimate of drug-likeness (QED) is 0.698. The summed E-state index contributed by atoms with van der Waals surface area (Å²) in [6.07, 6.45) is 2.38. The average Bonchev–Trinajstić information content (AvgIpc) is 3.21. The molecular formula is C23H26N2O3. The van der Waals surface area contributed by atoms with Gasteiger partial charge in [-0.3, -0.25) is 4.90 Å². The van der Waals surface area contributed by atoms with E-state index in [0.29, 0.717) is 6.04 Å². The van der Waals surface area contributed by atoms with Crippen molar-refractivity contribution in [3.8, 4) is 17.2 Å². The van der Waals surface area contributed by atoms with Crippen molar-refractivity contribution in [1.29, 1.82) is 0 Å². The minimum Gasteiger partial charge on any atom is -0.497 e. The molecule has 0 radical (unpaired) electrons. The summed E-state index contributed by atoms with van der Waals surface area (Å²) in [6.45, 7) is 2.05. The second-order valence-electron chi connectivity index (χ2n) is 7.76. The van der Waals surface area contributed by atoms with Crippen molar-refractivity contribution in [2.75, 3.05) is 27.9 Å². The molecule has 5 rings (SSSR count). The van der Waals surface area contributed by atoms with Gasteiger partial charge in [-0.05, 0) is 76.3 Å². The van der Waals surface area contributed by atoms with Crippen LogP contribution in [0.25, 0.3) is 21.5 Å². The fourth-order valence-electron chi connectivity index (χ4n) is 5.17. The van der Waals surface area contributed by atoms with Crippen LogP contribution in [0.1, 0.15) is 30.0 Å². The highest BCUT2D eigenvalue weighted by Crippen LogP contribution is 2.46.